The number of carbonyl (C=O) groups excluding carboxylic acids is 1. The monoisotopic (exact) mass is 305 g/mol. The molecule has 1 N–H and O–H groups in total. The summed E-state index contributed by atoms with van der Waals surface area (Å²) in [5.74, 6) is 1.83. The molecule has 0 radical (unpaired) electrons. The Morgan fingerprint density at radius 2 is 2.17 bits per heavy atom. The minimum absolute atomic E-state index is 0.0206. The molecule has 1 aliphatic heterocycles. The third-order valence-electron chi connectivity index (χ3n) is 3.06. The highest BCUT2D eigenvalue weighted by Crippen LogP contribution is 2.35. The number of hydrogen-bond donors (Lipinski definition) is 1. The van der Waals surface area contributed by atoms with E-state index in [-0.39, 0.29) is 10.7 Å². The zero-order valence-electron chi connectivity index (χ0n) is 9.87. The van der Waals surface area contributed by atoms with Crippen LogP contribution < -0.4 is 5.32 Å². The van der Waals surface area contributed by atoms with Crippen LogP contribution in [0.1, 0.15) is 27.5 Å². The van der Waals surface area contributed by atoms with E-state index >= 15 is 0 Å². The number of halogens is 1. The first kappa shape index (κ1) is 11.5. The molecule has 3 rings (SSSR count). The molecule has 3 nitrogen and oxygen atoms in total. The number of benzene rings is 1. The average Bonchev–Trinajstić information content (AvgIpc) is 2.92. The molecule has 0 bridgehead atoms. The van der Waals surface area contributed by atoms with Crippen LogP contribution in [0.25, 0.3) is 0 Å². The molecule has 0 saturated heterocycles. The van der Waals surface area contributed by atoms with Gasteiger partial charge in [0.25, 0.3) is 0 Å². The molecular formula is C14H12BrNO2. The molecule has 0 aliphatic carbocycles. The molecule has 2 heterocycles. The Bertz CT molecular complexity index is 618. The van der Waals surface area contributed by atoms with Gasteiger partial charge < -0.3 is 9.73 Å². The van der Waals surface area contributed by atoms with Gasteiger partial charge in [-0.1, -0.05) is 28.1 Å². The largest absolute Gasteiger partial charge is 0.465 e. The zero-order chi connectivity index (χ0) is 12.7. The molecule has 0 saturated carbocycles. The molecule has 1 atom stereocenters. The van der Waals surface area contributed by atoms with Gasteiger partial charge >= 0.3 is 0 Å². The van der Waals surface area contributed by atoms with E-state index in [1.54, 1.807) is 0 Å². The summed E-state index contributed by atoms with van der Waals surface area (Å²) in [5.41, 5.74) is 3.06. The van der Waals surface area contributed by atoms with Crippen molar-refractivity contribution in [3.63, 3.8) is 0 Å². The highest BCUT2D eigenvalue weighted by atomic mass is 79.9. The van der Waals surface area contributed by atoms with E-state index in [1.807, 2.05) is 37.3 Å². The van der Waals surface area contributed by atoms with Gasteiger partial charge in [0, 0.05) is 5.69 Å². The van der Waals surface area contributed by atoms with Gasteiger partial charge in [-0.15, -0.1) is 0 Å². The van der Waals surface area contributed by atoms with E-state index in [4.69, 9.17) is 4.42 Å². The van der Waals surface area contributed by atoms with Gasteiger partial charge in [0.15, 0.2) is 0 Å². The van der Waals surface area contributed by atoms with Gasteiger partial charge in [0.2, 0.25) is 5.91 Å². The number of rotatable bonds is 2. The SMILES string of the molecule is Cc1ccc(C(Br)c2ccc3c(c2)CC(=O)N3)o1. The smallest absolute Gasteiger partial charge is 0.228 e. The molecule has 18 heavy (non-hydrogen) atoms. The lowest BCUT2D eigenvalue weighted by atomic mass is 10.0. The Labute approximate surface area is 113 Å². The van der Waals surface area contributed by atoms with Gasteiger partial charge in [-0.3, -0.25) is 4.79 Å². The summed E-state index contributed by atoms with van der Waals surface area (Å²) in [6.07, 6.45) is 0.458. The van der Waals surface area contributed by atoms with Gasteiger partial charge in [-0.25, -0.2) is 0 Å². The van der Waals surface area contributed by atoms with Crippen LogP contribution in [0.2, 0.25) is 0 Å². The van der Waals surface area contributed by atoms with Crippen molar-refractivity contribution in [1.29, 1.82) is 0 Å². The maximum absolute atomic E-state index is 11.3. The maximum Gasteiger partial charge on any atom is 0.228 e. The minimum atomic E-state index is 0.0206. The summed E-state index contributed by atoms with van der Waals surface area (Å²) in [5, 5.41) is 2.83. The number of carbonyl (C=O) groups is 1. The molecular weight excluding hydrogens is 294 g/mol. The maximum atomic E-state index is 11.3. The van der Waals surface area contributed by atoms with Crippen molar-refractivity contribution in [1.82, 2.24) is 0 Å². The third-order valence-corrected chi connectivity index (χ3v) is 4.04. The predicted molar refractivity (Wildman–Crippen MR) is 73.0 cm³/mol. The van der Waals surface area contributed by atoms with Crippen LogP contribution in [0.4, 0.5) is 5.69 Å². The Morgan fingerprint density at radius 3 is 2.89 bits per heavy atom. The first-order chi connectivity index (χ1) is 8.63. The Hall–Kier alpha value is -1.55. The van der Waals surface area contributed by atoms with Crippen LogP contribution in [-0.4, -0.2) is 5.91 Å². The Kier molecular flexibility index (Phi) is 2.74. The van der Waals surface area contributed by atoms with E-state index in [1.165, 1.54) is 0 Å². The van der Waals surface area contributed by atoms with E-state index in [2.05, 4.69) is 21.2 Å². The fraction of sp³-hybridized carbons (Fsp3) is 0.214. The second kappa shape index (κ2) is 4.28. The highest BCUT2D eigenvalue weighted by molar-refractivity contribution is 9.09. The van der Waals surface area contributed by atoms with Crippen LogP contribution in [0.15, 0.2) is 34.7 Å². The van der Waals surface area contributed by atoms with Gasteiger partial charge in [-0.05, 0) is 36.2 Å². The van der Waals surface area contributed by atoms with Crippen molar-refractivity contribution >= 4 is 27.5 Å². The second-order valence-corrected chi connectivity index (χ2v) is 5.37. The number of alkyl halides is 1. The van der Waals surface area contributed by atoms with E-state index in [9.17, 15) is 4.79 Å². The van der Waals surface area contributed by atoms with Crippen LogP contribution in [0, 0.1) is 6.92 Å². The van der Waals surface area contributed by atoms with E-state index in [0.717, 1.165) is 28.3 Å². The van der Waals surface area contributed by atoms with Crippen molar-refractivity contribution in [3.05, 3.63) is 53.0 Å². The van der Waals surface area contributed by atoms with Crippen LogP contribution in [0.5, 0.6) is 0 Å². The molecule has 1 aliphatic rings. The number of furan rings is 1. The third kappa shape index (κ3) is 1.97. The molecule has 0 spiro atoms. The van der Waals surface area contributed by atoms with Crippen LogP contribution >= 0.6 is 15.9 Å². The molecule has 1 unspecified atom stereocenters. The summed E-state index contributed by atoms with van der Waals surface area (Å²) in [6, 6.07) is 9.90. The summed E-state index contributed by atoms with van der Waals surface area (Å²) >= 11 is 3.63. The molecule has 1 amide bonds. The number of amides is 1. The van der Waals surface area contributed by atoms with Crippen molar-refractivity contribution in [2.24, 2.45) is 0 Å². The van der Waals surface area contributed by atoms with Crippen molar-refractivity contribution in [3.8, 4) is 0 Å². The van der Waals surface area contributed by atoms with Gasteiger partial charge in [0.1, 0.15) is 11.5 Å². The zero-order valence-corrected chi connectivity index (χ0v) is 11.5. The lowest BCUT2D eigenvalue weighted by Gasteiger charge is -2.09. The quantitative estimate of drug-likeness (QED) is 0.862. The summed E-state index contributed by atoms with van der Waals surface area (Å²) in [4.78, 5) is 11.3. The fourth-order valence-corrected chi connectivity index (χ4v) is 2.69. The molecule has 4 heteroatoms. The number of hydrogen-bond acceptors (Lipinski definition) is 2. The average molecular weight is 306 g/mol. The minimum Gasteiger partial charge on any atom is -0.465 e. The number of anilines is 1. The summed E-state index contributed by atoms with van der Waals surface area (Å²) in [7, 11) is 0. The van der Waals surface area contributed by atoms with Gasteiger partial charge in [0.05, 0.1) is 11.2 Å². The molecule has 0 fully saturated rings. The van der Waals surface area contributed by atoms with Crippen molar-refractivity contribution in [2.75, 3.05) is 5.32 Å². The number of fused-ring (bicyclic) bond motifs is 1. The number of aryl methyl sites for hydroxylation is 1. The van der Waals surface area contributed by atoms with Crippen LogP contribution in [-0.2, 0) is 11.2 Å². The topological polar surface area (TPSA) is 42.2 Å². The summed E-state index contributed by atoms with van der Waals surface area (Å²) in [6.45, 7) is 1.93. The Morgan fingerprint density at radius 1 is 1.33 bits per heavy atom. The van der Waals surface area contributed by atoms with Gasteiger partial charge in [-0.2, -0.15) is 0 Å². The fourth-order valence-electron chi connectivity index (χ4n) is 2.16. The lowest BCUT2D eigenvalue weighted by molar-refractivity contribution is -0.115. The predicted octanol–water partition coefficient (Wildman–Crippen LogP) is 3.57. The molecule has 2 aromatic rings. The van der Waals surface area contributed by atoms with Crippen molar-refractivity contribution < 1.29 is 9.21 Å². The number of nitrogens with one attached hydrogen (secondary N) is 1. The molecule has 1 aromatic carbocycles. The highest BCUT2D eigenvalue weighted by Gasteiger charge is 2.20. The second-order valence-electron chi connectivity index (χ2n) is 4.45. The summed E-state index contributed by atoms with van der Waals surface area (Å²) < 4.78 is 5.61. The van der Waals surface area contributed by atoms with Crippen LogP contribution in [0.3, 0.4) is 0 Å². The van der Waals surface area contributed by atoms with E-state index < -0.39 is 0 Å². The first-order valence-electron chi connectivity index (χ1n) is 5.76. The standard InChI is InChI=1S/C14H12BrNO2/c1-8-2-5-12(18-8)14(15)9-3-4-11-10(6-9)7-13(17)16-11/h2-6,14H,7H2,1H3,(H,16,17). The molecule has 1 aromatic heterocycles. The van der Waals surface area contributed by atoms with Crippen molar-refractivity contribution in [2.45, 2.75) is 18.2 Å². The normalized spacial score (nSPS) is 15.3. The molecule has 92 valence electrons. The Balaban J connectivity index is 1.94. The van der Waals surface area contributed by atoms with E-state index in [0.29, 0.717) is 6.42 Å². The first-order valence-corrected chi connectivity index (χ1v) is 6.68. The lowest BCUT2D eigenvalue weighted by Crippen LogP contribution is -2.03.